The van der Waals surface area contributed by atoms with Crippen molar-refractivity contribution in [3.8, 4) is 6.07 Å². The van der Waals surface area contributed by atoms with Crippen molar-refractivity contribution in [2.45, 2.75) is 13.3 Å². The van der Waals surface area contributed by atoms with E-state index in [0.717, 1.165) is 30.8 Å². The fraction of sp³-hybridized carbons (Fsp3) is 0.278. The van der Waals surface area contributed by atoms with E-state index in [4.69, 9.17) is 5.26 Å². The second kappa shape index (κ2) is 7.35. The number of hydrogen-bond donors (Lipinski definition) is 1. The Morgan fingerprint density at radius 3 is 2.57 bits per heavy atom. The molecule has 0 aliphatic heterocycles. The van der Waals surface area contributed by atoms with Crippen molar-refractivity contribution in [1.29, 1.82) is 5.26 Å². The SMILES string of the molecule is Cc1cccc(C#N)c1NCCCN(C)c1ccccc1. The lowest BCUT2D eigenvalue weighted by Crippen LogP contribution is -2.20. The first-order chi connectivity index (χ1) is 10.2. The monoisotopic (exact) mass is 279 g/mol. The van der Waals surface area contributed by atoms with E-state index >= 15 is 0 Å². The van der Waals surface area contributed by atoms with E-state index in [9.17, 15) is 0 Å². The molecule has 21 heavy (non-hydrogen) atoms. The number of hydrogen-bond acceptors (Lipinski definition) is 3. The number of nitrogens with one attached hydrogen (secondary N) is 1. The first-order valence-corrected chi connectivity index (χ1v) is 7.22. The van der Waals surface area contributed by atoms with Gasteiger partial charge in [-0.3, -0.25) is 0 Å². The van der Waals surface area contributed by atoms with Gasteiger partial charge in [0.2, 0.25) is 0 Å². The molecule has 3 heteroatoms. The first kappa shape index (κ1) is 14.9. The molecule has 1 N–H and O–H groups in total. The van der Waals surface area contributed by atoms with Crippen LogP contribution in [0.25, 0.3) is 0 Å². The zero-order valence-electron chi connectivity index (χ0n) is 12.6. The summed E-state index contributed by atoms with van der Waals surface area (Å²) in [5.41, 5.74) is 4.02. The highest BCUT2D eigenvalue weighted by Gasteiger charge is 2.04. The number of anilines is 2. The Bertz CT molecular complexity index is 614. The number of nitrogens with zero attached hydrogens (tertiary/aromatic N) is 2. The molecule has 0 spiro atoms. The second-order valence-electron chi connectivity index (χ2n) is 5.15. The third kappa shape index (κ3) is 4.00. The molecule has 3 nitrogen and oxygen atoms in total. The summed E-state index contributed by atoms with van der Waals surface area (Å²) in [6.45, 7) is 3.86. The van der Waals surface area contributed by atoms with Crippen LogP contribution in [0.15, 0.2) is 48.5 Å². The average Bonchev–Trinajstić information content (AvgIpc) is 2.53. The molecule has 2 rings (SSSR count). The van der Waals surface area contributed by atoms with Gasteiger partial charge in [-0.25, -0.2) is 0 Å². The molecular formula is C18H21N3. The maximum absolute atomic E-state index is 9.14. The van der Waals surface area contributed by atoms with Gasteiger partial charge in [-0.15, -0.1) is 0 Å². The Morgan fingerprint density at radius 1 is 1.10 bits per heavy atom. The molecule has 0 saturated carbocycles. The highest BCUT2D eigenvalue weighted by molar-refractivity contribution is 5.62. The van der Waals surface area contributed by atoms with E-state index in [1.54, 1.807) is 0 Å². The van der Waals surface area contributed by atoms with Crippen molar-refractivity contribution in [1.82, 2.24) is 0 Å². The highest BCUT2D eigenvalue weighted by Crippen LogP contribution is 2.19. The molecule has 0 unspecified atom stereocenters. The highest BCUT2D eigenvalue weighted by atomic mass is 15.1. The largest absolute Gasteiger partial charge is 0.384 e. The van der Waals surface area contributed by atoms with Crippen molar-refractivity contribution in [2.75, 3.05) is 30.4 Å². The standard InChI is InChI=1S/C18H21N3/c1-15-8-6-9-16(14-19)18(15)20-12-7-13-21(2)17-10-4-3-5-11-17/h3-6,8-11,20H,7,12-13H2,1-2H3. The van der Waals surface area contributed by atoms with Gasteiger partial charge in [-0.05, 0) is 37.1 Å². The molecule has 0 radical (unpaired) electrons. The number of para-hydroxylation sites is 2. The van der Waals surface area contributed by atoms with Crippen LogP contribution in [0.3, 0.4) is 0 Å². The molecule has 0 aromatic heterocycles. The molecule has 0 saturated heterocycles. The third-order valence-corrected chi connectivity index (χ3v) is 3.56. The van der Waals surface area contributed by atoms with Gasteiger partial charge in [0.1, 0.15) is 6.07 Å². The van der Waals surface area contributed by atoms with Crippen molar-refractivity contribution >= 4 is 11.4 Å². The zero-order chi connectivity index (χ0) is 15.1. The maximum atomic E-state index is 9.14. The number of aryl methyl sites for hydroxylation is 1. The minimum Gasteiger partial charge on any atom is -0.384 e. The molecular weight excluding hydrogens is 258 g/mol. The summed E-state index contributed by atoms with van der Waals surface area (Å²) >= 11 is 0. The summed E-state index contributed by atoms with van der Waals surface area (Å²) in [4.78, 5) is 2.24. The van der Waals surface area contributed by atoms with Gasteiger partial charge in [0.25, 0.3) is 0 Å². The topological polar surface area (TPSA) is 39.1 Å². The predicted octanol–water partition coefficient (Wildman–Crippen LogP) is 3.81. The van der Waals surface area contributed by atoms with Crippen molar-refractivity contribution in [3.63, 3.8) is 0 Å². The summed E-state index contributed by atoms with van der Waals surface area (Å²) in [7, 11) is 2.10. The molecule has 0 aliphatic rings. The van der Waals surface area contributed by atoms with Crippen molar-refractivity contribution in [2.24, 2.45) is 0 Å². The van der Waals surface area contributed by atoms with Crippen LogP contribution < -0.4 is 10.2 Å². The van der Waals surface area contributed by atoms with Gasteiger partial charge >= 0.3 is 0 Å². The van der Waals surface area contributed by atoms with E-state index in [1.807, 2.05) is 31.2 Å². The van der Waals surface area contributed by atoms with Crippen LogP contribution in [0, 0.1) is 18.3 Å². The van der Waals surface area contributed by atoms with Crippen LogP contribution in [-0.2, 0) is 0 Å². The Labute approximate surface area is 126 Å². The van der Waals surface area contributed by atoms with Gasteiger partial charge in [-0.2, -0.15) is 5.26 Å². The first-order valence-electron chi connectivity index (χ1n) is 7.22. The Morgan fingerprint density at radius 2 is 1.86 bits per heavy atom. The van der Waals surface area contributed by atoms with Crippen LogP contribution >= 0.6 is 0 Å². The molecule has 0 atom stereocenters. The number of benzene rings is 2. The number of nitriles is 1. The van der Waals surface area contributed by atoms with Gasteiger partial charge < -0.3 is 10.2 Å². The van der Waals surface area contributed by atoms with Crippen LogP contribution in [0.4, 0.5) is 11.4 Å². The van der Waals surface area contributed by atoms with Crippen LogP contribution in [0.2, 0.25) is 0 Å². The lowest BCUT2D eigenvalue weighted by atomic mass is 10.1. The third-order valence-electron chi connectivity index (χ3n) is 3.56. The molecule has 0 aliphatic carbocycles. The van der Waals surface area contributed by atoms with Crippen molar-refractivity contribution < 1.29 is 0 Å². The molecule has 0 bridgehead atoms. The fourth-order valence-electron chi connectivity index (χ4n) is 2.34. The normalized spacial score (nSPS) is 9.95. The van der Waals surface area contributed by atoms with E-state index in [0.29, 0.717) is 5.56 Å². The van der Waals surface area contributed by atoms with E-state index < -0.39 is 0 Å². The molecule has 2 aromatic rings. The van der Waals surface area contributed by atoms with E-state index in [1.165, 1.54) is 5.69 Å². The lowest BCUT2D eigenvalue weighted by Gasteiger charge is -2.19. The molecule has 0 amide bonds. The zero-order valence-corrected chi connectivity index (χ0v) is 12.6. The maximum Gasteiger partial charge on any atom is 0.101 e. The summed E-state index contributed by atoms with van der Waals surface area (Å²) in [5, 5.41) is 12.5. The lowest BCUT2D eigenvalue weighted by molar-refractivity contribution is 0.816. The summed E-state index contributed by atoms with van der Waals surface area (Å²) < 4.78 is 0. The fourth-order valence-corrected chi connectivity index (χ4v) is 2.34. The van der Waals surface area contributed by atoms with Gasteiger partial charge in [0.05, 0.1) is 11.3 Å². The molecule has 0 heterocycles. The minimum absolute atomic E-state index is 0.714. The quantitative estimate of drug-likeness (QED) is 0.817. The molecule has 108 valence electrons. The predicted molar refractivity (Wildman–Crippen MR) is 88.7 cm³/mol. The Hall–Kier alpha value is -2.47. The van der Waals surface area contributed by atoms with Crippen LogP contribution in [-0.4, -0.2) is 20.1 Å². The molecule has 0 fully saturated rings. The Kier molecular flexibility index (Phi) is 5.22. The minimum atomic E-state index is 0.714. The summed E-state index contributed by atoms with van der Waals surface area (Å²) in [5.74, 6) is 0. The van der Waals surface area contributed by atoms with Crippen molar-refractivity contribution in [3.05, 3.63) is 59.7 Å². The number of rotatable bonds is 6. The van der Waals surface area contributed by atoms with Gasteiger partial charge in [0, 0.05) is 25.8 Å². The smallest absolute Gasteiger partial charge is 0.101 e. The summed E-state index contributed by atoms with van der Waals surface area (Å²) in [6, 6.07) is 18.4. The van der Waals surface area contributed by atoms with Crippen LogP contribution in [0.1, 0.15) is 17.5 Å². The second-order valence-corrected chi connectivity index (χ2v) is 5.15. The van der Waals surface area contributed by atoms with E-state index in [-0.39, 0.29) is 0 Å². The van der Waals surface area contributed by atoms with Gasteiger partial charge in [-0.1, -0.05) is 30.3 Å². The summed E-state index contributed by atoms with van der Waals surface area (Å²) in [6.07, 6.45) is 1.02. The Balaban J connectivity index is 1.85. The van der Waals surface area contributed by atoms with E-state index in [2.05, 4.69) is 47.6 Å². The van der Waals surface area contributed by atoms with Crippen LogP contribution in [0.5, 0.6) is 0 Å². The average molecular weight is 279 g/mol. The van der Waals surface area contributed by atoms with Gasteiger partial charge in [0.15, 0.2) is 0 Å². The molecule has 2 aromatic carbocycles.